The Bertz CT molecular complexity index is 1490. The number of amides is 2. The van der Waals surface area contributed by atoms with Crippen molar-refractivity contribution in [2.24, 2.45) is 5.10 Å². The fraction of sp³-hybridized carbons (Fsp3) is 0.333. The fourth-order valence-corrected chi connectivity index (χ4v) is 6.53. The van der Waals surface area contributed by atoms with Crippen LogP contribution in [0.25, 0.3) is 0 Å². The van der Waals surface area contributed by atoms with Crippen molar-refractivity contribution in [2.45, 2.75) is 52.6 Å². The van der Waals surface area contributed by atoms with Crippen molar-refractivity contribution in [3.8, 4) is 11.5 Å². The maximum Gasteiger partial charge on any atom is 0.341 e. The van der Waals surface area contributed by atoms with Gasteiger partial charge in [-0.25, -0.2) is 10.2 Å². The topological polar surface area (TPSA) is 115 Å². The second-order valence-corrected chi connectivity index (χ2v) is 11.7. The van der Waals surface area contributed by atoms with Crippen molar-refractivity contribution in [1.82, 2.24) is 5.43 Å². The van der Waals surface area contributed by atoms with E-state index in [1.165, 1.54) is 17.6 Å². The van der Waals surface area contributed by atoms with Crippen molar-refractivity contribution in [3.05, 3.63) is 73.0 Å². The number of anilines is 1. The molecule has 0 saturated heterocycles. The van der Waals surface area contributed by atoms with Gasteiger partial charge in [-0.3, -0.25) is 9.59 Å². The number of fused-ring (bicyclic) bond motifs is 1. The second-order valence-electron chi connectivity index (χ2n) is 9.32. The number of esters is 1. The lowest BCUT2D eigenvalue weighted by atomic mass is 10.1. The van der Waals surface area contributed by atoms with Crippen LogP contribution in [0.1, 0.15) is 65.0 Å². The first kappa shape index (κ1) is 31.5. The molecule has 1 aliphatic carbocycles. The van der Waals surface area contributed by atoms with E-state index in [0.717, 1.165) is 48.1 Å². The van der Waals surface area contributed by atoms with Crippen LogP contribution in [0.15, 0.2) is 46.0 Å². The molecule has 0 fully saturated rings. The Morgan fingerprint density at radius 2 is 1.86 bits per heavy atom. The van der Waals surface area contributed by atoms with E-state index in [-0.39, 0.29) is 13.2 Å². The molecule has 4 rings (SSSR count). The van der Waals surface area contributed by atoms with Crippen LogP contribution in [0.2, 0.25) is 5.02 Å². The van der Waals surface area contributed by atoms with Gasteiger partial charge in [0.1, 0.15) is 11.6 Å². The van der Waals surface area contributed by atoms with Crippen LogP contribution in [0, 0.1) is 0 Å². The molecular weight excluding hydrogens is 646 g/mol. The minimum absolute atomic E-state index is 0.210. The first-order valence-electron chi connectivity index (χ1n) is 13.6. The van der Waals surface area contributed by atoms with Gasteiger partial charge in [-0.15, -0.1) is 11.3 Å². The average molecular weight is 677 g/mol. The van der Waals surface area contributed by atoms with Crippen LogP contribution in [-0.2, 0) is 33.8 Å². The number of thiophene rings is 1. The van der Waals surface area contributed by atoms with Crippen LogP contribution in [-0.4, -0.2) is 37.2 Å². The molecule has 2 aromatic carbocycles. The molecule has 0 unspecified atom stereocenters. The fourth-order valence-electron chi connectivity index (χ4n) is 4.47. The van der Waals surface area contributed by atoms with Crippen LogP contribution in [0.5, 0.6) is 11.5 Å². The van der Waals surface area contributed by atoms with E-state index in [0.29, 0.717) is 43.7 Å². The van der Waals surface area contributed by atoms with E-state index in [2.05, 4.69) is 31.8 Å². The third-order valence-electron chi connectivity index (χ3n) is 6.32. The molecule has 3 aromatic rings. The minimum Gasteiger partial charge on any atom is -0.490 e. The highest BCUT2D eigenvalue weighted by molar-refractivity contribution is 9.10. The lowest BCUT2D eigenvalue weighted by Crippen LogP contribution is -2.32. The predicted octanol–water partition coefficient (Wildman–Crippen LogP) is 6.68. The van der Waals surface area contributed by atoms with E-state index in [1.54, 1.807) is 25.1 Å². The summed E-state index contributed by atoms with van der Waals surface area (Å²) in [6, 6.07) is 10.8. The number of hydrogen-bond acceptors (Lipinski definition) is 8. The molecule has 2 N–H and O–H groups in total. The van der Waals surface area contributed by atoms with Crippen LogP contribution in [0.3, 0.4) is 0 Å². The Morgan fingerprint density at radius 1 is 1.05 bits per heavy atom. The lowest BCUT2D eigenvalue weighted by Gasteiger charge is -2.15. The zero-order valence-electron chi connectivity index (χ0n) is 23.3. The van der Waals surface area contributed by atoms with Gasteiger partial charge < -0.3 is 19.5 Å². The van der Waals surface area contributed by atoms with Crippen molar-refractivity contribution in [3.63, 3.8) is 0 Å². The third-order valence-corrected chi connectivity index (χ3v) is 8.35. The molecule has 0 radical (unpaired) electrons. The predicted molar refractivity (Wildman–Crippen MR) is 167 cm³/mol. The summed E-state index contributed by atoms with van der Waals surface area (Å²) < 4.78 is 17.6. The second kappa shape index (κ2) is 15.2. The summed E-state index contributed by atoms with van der Waals surface area (Å²) in [5, 5.41) is 7.47. The van der Waals surface area contributed by atoms with Crippen molar-refractivity contribution in [2.75, 3.05) is 18.5 Å². The smallest absolute Gasteiger partial charge is 0.341 e. The Kier molecular flexibility index (Phi) is 11.4. The highest BCUT2D eigenvalue weighted by Gasteiger charge is 2.28. The summed E-state index contributed by atoms with van der Waals surface area (Å²) in [4.78, 5) is 39.1. The zero-order valence-corrected chi connectivity index (χ0v) is 26.4. The number of ether oxygens (including phenoxy) is 3. The standard InChI is InChI=1S/C30H31BrClN3O6S/c1-3-39-23-15-19(14-22(31)26(23)41-17-18-9-8-10-20(32)13-18)16-33-35-28(37)27(36)34-29-25(30(38)40-4-2)21-11-6-5-7-12-24(21)42-29/h8-10,13-16H,3-7,11-12,17H2,1-2H3,(H,34,36)(H,35,37)/b33-16+. The van der Waals surface area contributed by atoms with Gasteiger partial charge in [0, 0.05) is 9.90 Å². The summed E-state index contributed by atoms with van der Waals surface area (Å²) in [5.41, 5.74) is 4.98. The maximum absolute atomic E-state index is 12.7. The summed E-state index contributed by atoms with van der Waals surface area (Å²) in [5.74, 6) is -1.43. The summed E-state index contributed by atoms with van der Waals surface area (Å²) in [6.45, 7) is 4.47. The number of carbonyl (C=O) groups excluding carboxylic acids is 3. The molecule has 1 aliphatic rings. The maximum atomic E-state index is 12.7. The van der Waals surface area contributed by atoms with Crippen molar-refractivity contribution < 1.29 is 28.6 Å². The highest BCUT2D eigenvalue weighted by Crippen LogP contribution is 2.39. The number of nitrogens with one attached hydrogen (secondary N) is 2. The molecule has 0 saturated carbocycles. The quantitative estimate of drug-likeness (QED) is 0.0815. The number of aryl methyl sites for hydroxylation is 1. The highest BCUT2D eigenvalue weighted by atomic mass is 79.9. The molecule has 9 nitrogen and oxygen atoms in total. The van der Waals surface area contributed by atoms with Crippen LogP contribution < -0.4 is 20.2 Å². The number of halogens is 2. The molecule has 12 heteroatoms. The van der Waals surface area contributed by atoms with E-state index < -0.39 is 17.8 Å². The molecule has 0 bridgehead atoms. The van der Waals surface area contributed by atoms with E-state index in [9.17, 15) is 14.4 Å². The van der Waals surface area contributed by atoms with Gasteiger partial charge in [-0.05, 0) is 96.4 Å². The monoisotopic (exact) mass is 675 g/mol. The summed E-state index contributed by atoms with van der Waals surface area (Å²) >= 11 is 10.9. The number of hydrazone groups is 1. The Hall–Kier alpha value is -3.41. The number of hydrogen-bond donors (Lipinski definition) is 2. The summed E-state index contributed by atoms with van der Waals surface area (Å²) in [6.07, 6.45) is 5.98. The van der Waals surface area contributed by atoms with Gasteiger partial charge in [0.15, 0.2) is 11.5 Å². The van der Waals surface area contributed by atoms with E-state index in [1.807, 2.05) is 25.1 Å². The van der Waals surface area contributed by atoms with Gasteiger partial charge in [-0.1, -0.05) is 30.2 Å². The third kappa shape index (κ3) is 8.11. The van der Waals surface area contributed by atoms with Crippen molar-refractivity contribution in [1.29, 1.82) is 0 Å². The molecule has 42 heavy (non-hydrogen) atoms. The van der Waals surface area contributed by atoms with Gasteiger partial charge in [0.05, 0.1) is 29.5 Å². The first-order chi connectivity index (χ1) is 20.3. The van der Waals surface area contributed by atoms with Gasteiger partial charge >= 0.3 is 17.8 Å². The van der Waals surface area contributed by atoms with E-state index in [4.69, 9.17) is 25.8 Å². The summed E-state index contributed by atoms with van der Waals surface area (Å²) in [7, 11) is 0. The largest absolute Gasteiger partial charge is 0.490 e. The van der Waals surface area contributed by atoms with Crippen LogP contribution in [0.4, 0.5) is 5.00 Å². The first-order valence-corrected chi connectivity index (χ1v) is 15.6. The SMILES string of the molecule is CCOC(=O)c1c(NC(=O)C(=O)N/N=C/c2cc(Br)c(OCc3cccc(Cl)c3)c(OCC)c2)sc2c1CCCCC2. The molecule has 222 valence electrons. The average Bonchev–Trinajstić information content (AvgIpc) is 3.12. The Labute approximate surface area is 261 Å². The normalized spacial score (nSPS) is 12.8. The molecule has 0 aliphatic heterocycles. The van der Waals surface area contributed by atoms with Crippen LogP contribution >= 0.6 is 38.9 Å². The lowest BCUT2D eigenvalue weighted by molar-refractivity contribution is -0.136. The molecule has 0 atom stereocenters. The molecule has 1 aromatic heterocycles. The Balaban J connectivity index is 1.43. The zero-order chi connectivity index (χ0) is 30.1. The number of carbonyl (C=O) groups is 3. The molecular formula is C30H31BrClN3O6S. The molecule has 1 heterocycles. The number of benzene rings is 2. The number of nitrogens with zero attached hydrogens (tertiary/aromatic N) is 1. The van der Waals surface area contributed by atoms with E-state index >= 15 is 0 Å². The van der Waals surface area contributed by atoms with Crippen molar-refractivity contribution >= 4 is 67.9 Å². The number of rotatable bonds is 10. The van der Waals surface area contributed by atoms with Gasteiger partial charge in [0.25, 0.3) is 0 Å². The van der Waals surface area contributed by atoms with Gasteiger partial charge in [0.2, 0.25) is 0 Å². The van der Waals surface area contributed by atoms with Gasteiger partial charge in [-0.2, -0.15) is 5.10 Å². The Morgan fingerprint density at radius 3 is 2.62 bits per heavy atom. The minimum atomic E-state index is -0.977. The molecule has 0 spiro atoms. The molecule has 2 amide bonds.